The molecule has 1 aliphatic carbocycles. The van der Waals surface area contributed by atoms with Gasteiger partial charge in [-0.05, 0) is 25.7 Å². The summed E-state index contributed by atoms with van der Waals surface area (Å²) in [6.45, 7) is 3.51. The van der Waals surface area contributed by atoms with Crippen LogP contribution in [0.5, 0.6) is 0 Å². The molecule has 146 valence electrons. The van der Waals surface area contributed by atoms with Gasteiger partial charge in [-0.3, -0.25) is 9.48 Å². The lowest BCUT2D eigenvalue weighted by atomic mass is 9.85. The maximum atomic E-state index is 12.4. The van der Waals surface area contributed by atoms with Crippen molar-refractivity contribution in [1.82, 2.24) is 29.8 Å². The molecule has 1 unspecified atom stereocenters. The number of carbonyl (C=O) groups excluding carboxylic acids is 1. The zero-order chi connectivity index (χ0) is 19.3. The van der Waals surface area contributed by atoms with Crippen LogP contribution in [0.3, 0.4) is 0 Å². The maximum Gasteiger partial charge on any atom is 0.269 e. The lowest BCUT2D eigenvalue weighted by molar-refractivity contribution is -0.128. The Labute approximate surface area is 166 Å². The molecule has 3 aromatic heterocycles. The highest BCUT2D eigenvalue weighted by molar-refractivity contribution is 7.18. The number of hydrogen-bond acceptors (Lipinski definition) is 7. The zero-order valence-electron chi connectivity index (χ0n) is 16.0. The van der Waals surface area contributed by atoms with E-state index in [-0.39, 0.29) is 11.8 Å². The number of rotatable bonds is 5. The number of aryl methyl sites for hydroxylation is 2. The van der Waals surface area contributed by atoms with E-state index in [0.717, 1.165) is 27.7 Å². The fourth-order valence-corrected chi connectivity index (χ4v) is 4.81. The molecule has 8 nitrogen and oxygen atoms in total. The lowest BCUT2D eigenvalue weighted by Gasteiger charge is -2.30. The van der Waals surface area contributed by atoms with E-state index in [0.29, 0.717) is 30.6 Å². The zero-order valence-corrected chi connectivity index (χ0v) is 16.8. The predicted octanol–water partition coefficient (Wildman–Crippen LogP) is 3.02. The standard InChI is InChI=1S/C19H22N6O2S/c1-11-16(28-19(21-11)14-7-20-24(2)9-14)18-22-17(23-27-18)13-6-15(26)25(10-13)8-12-4-3-5-12/h7,9,12-13H,3-6,8,10H2,1-2H3. The highest BCUT2D eigenvalue weighted by Gasteiger charge is 2.36. The molecule has 0 bridgehead atoms. The first-order chi connectivity index (χ1) is 13.6. The van der Waals surface area contributed by atoms with Gasteiger partial charge in [0.1, 0.15) is 9.88 Å². The first-order valence-electron chi connectivity index (χ1n) is 9.65. The highest BCUT2D eigenvalue weighted by Crippen LogP contribution is 2.36. The van der Waals surface area contributed by atoms with Crippen LogP contribution in [0.4, 0.5) is 0 Å². The van der Waals surface area contributed by atoms with Gasteiger partial charge in [-0.2, -0.15) is 10.1 Å². The minimum absolute atomic E-state index is 0.0103. The van der Waals surface area contributed by atoms with E-state index in [1.165, 1.54) is 30.6 Å². The van der Waals surface area contributed by atoms with Crippen molar-refractivity contribution in [2.24, 2.45) is 13.0 Å². The molecule has 0 spiro atoms. The van der Waals surface area contributed by atoms with Gasteiger partial charge in [-0.25, -0.2) is 4.98 Å². The number of carbonyl (C=O) groups is 1. The van der Waals surface area contributed by atoms with Gasteiger partial charge in [0.05, 0.1) is 11.9 Å². The van der Waals surface area contributed by atoms with Crippen LogP contribution < -0.4 is 0 Å². The van der Waals surface area contributed by atoms with Crippen molar-refractivity contribution in [3.05, 3.63) is 23.9 Å². The van der Waals surface area contributed by atoms with Crippen LogP contribution in [0.1, 0.15) is 43.1 Å². The molecule has 1 amide bonds. The highest BCUT2D eigenvalue weighted by atomic mass is 32.1. The summed E-state index contributed by atoms with van der Waals surface area (Å²) in [6, 6.07) is 0. The first-order valence-corrected chi connectivity index (χ1v) is 10.5. The minimum Gasteiger partial charge on any atom is -0.342 e. The Balaban J connectivity index is 1.34. The monoisotopic (exact) mass is 398 g/mol. The van der Waals surface area contributed by atoms with Gasteiger partial charge in [0.25, 0.3) is 5.89 Å². The molecule has 9 heteroatoms. The van der Waals surface area contributed by atoms with Crippen molar-refractivity contribution in [2.75, 3.05) is 13.1 Å². The molecule has 1 saturated carbocycles. The van der Waals surface area contributed by atoms with Gasteiger partial charge < -0.3 is 9.42 Å². The molecule has 4 heterocycles. The maximum absolute atomic E-state index is 12.4. The molecule has 1 saturated heterocycles. The van der Waals surface area contributed by atoms with Crippen molar-refractivity contribution < 1.29 is 9.32 Å². The van der Waals surface area contributed by atoms with Gasteiger partial charge in [0.2, 0.25) is 5.91 Å². The summed E-state index contributed by atoms with van der Waals surface area (Å²) in [7, 11) is 1.88. The topological polar surface area (TPSA) is 89.9 Å². The summed E-state index contributed by atoms with van der Waals surface area (Å²) < 4.78 is 7.29. The SMILES string of the molecule is Cc1nc(-c2cnn(C)c2)sc1-c1nc(C2CC(=O)N(CC3CCC3)C2)no1. The van der Waals surface area contributed by atoms with Crippen molar-refractivity contribution >= 4 is 17.2 Å². The van der Waals surface area contributed by atoms with Gasteiger partial charge >= 0.3 is 0 Å². The third-order valence-electron chi connectivity index (χ3n) is 5.67. The Bertz CT molecular complexity index is 1020. The molecular formula is C19H22N6O2S. The molecule has 28 heavy (non-hydrogen) atoms. The van der Waals surface area contributed by atoms with Gasteiger partial charge in [0.15, 0.2) is 5.82 Å². The van der Waals surface area contributed by atoms with Crippen molar-refractivity contribution in [3.8, 4) is 21.3 Å². The molecule has 1 aliphatic heterocycles. The van der Waals surface area contributed by atoms with Gasteiger partial charge in [0, 0.05) is 44.2 Å². The summed E-state index contributed by atoms with van der Waals surface area (Å²) >= 11 is 1.52. The Kier molecular flexibility index (Phi) is 4.26. The molecule has 0 aromatic carbocycles. The Morgan fingerprint density at radius 2 is 2.18 bits per heavy atom. The first kappa shape index (κ1) is 17.5. The van der Waals surface area contributed by atoms with E-state index in [1.54, 1.807) is 10.9 Å². The summed E-state index contributed by atoms with van der Waals surface area (Å²) in [6.07, 6.45) is 7.97. The molecular weight excluding hydrogens is 376 g/mol. The molecule has 2 aliphatic rings. The summed E-state index contributed by atoms with van der Waals surface area (Å²) in [4.78, 5) is 24.4. The van der Waals surface area contributed by atoms with Gasteiger partial charge in [-0.15, -0.1) is 11.3 Å². The second kappa shape index (κ2) is 6.80. The number of thiazole rings is 1. The second-order valence-corrected chi connectivity index (χ2v) is 8.79. The largest absolute Gasteiger partial charge is 0.342 e. The van der Waals surface area contributed by atoms with Crippen LogP contribution in [-0.2, 0) is 11.8 Å². The summed E-state index contributed by atoms with van der Waals surface area (Å²) in [5.41, 5.74) is 1.82. The molecule has 0 N–H and O–H groups in total. The number of nitrogens with zero attached hydrogens (tertiary/aromatic N) is 6. The average molecular weight is 398 g/mol. The smallest absolute Gasteiger partial charge is 0.269 e. The molecule has 1 atom stereocenters. The van der Waals surface area contributed by atoms with Crippen molar-refractivity contribution in [3.63, 3.8) is 0 Å². The van der Waals surface area contributed by atoms with Crippen LogP contribution in [-0.4, -0.2) is 48.8 Å². The van der Waals surface area contributed by atoms with E-state index in [2.05, 4.69) is 20.2 Å². The van der Waals surface area contributed by atoms with Crippen molar-refractivity contribution in [2.45, 2.75) is 38.5 Å². The molecule has 0 radical (unpaired) electrons. The van der Waals surface area contributed by atoms with Crippen LogP contribution in [0.15, 0.2) is 16.9 Å². The quantitative estimate of drug-likeness (QED) is 0.656. The normalized spacial score (nSPS) is 20.1. The Morgan fingerprint density at radius 3 is 2.89 bits per heavy atom. The fourth-order valence-electron chi connectivity index (χ4n) is 3.85. The van der Waals surface area contributed by atoms with E-state index in [9.17, 15) is 4.79 Å². The number of amides is 1. The van der Waals surface area contributed by atoms with E-state index in [1.807, 2.05) is 25.1 Å². The minimum atomic E-state index is 0.0103. The van der Waals surface area contributed by atoms with Crippen LogP contribution in [0, 0.1) is 12.8 Å². The predicted molar refractivity (Wildman–Crippen MR) is 104 cm³/mol. The lowest BCUT2D eigenvalue weighted by Crippen LogP contribution is -2.33. The molecule has 3 aromatic rings. The third kappa shape index (κ3) is 3.13. The van der Waals surface area contributed by atoms with E-state index < -0.39 is 0 Å². The third-order valence-corrected chi connectivity index (χ3v) is 6.86. The Morgan fingerprint density at radius 1 is 1.32 bits per heavy atom. The molecule has 5 rings (SSSR count). The second-order valence-electron chi connectivity index (χ2n) is 7.79. The number of hydrogen-bond donors (Lipinski definition) is 0. The average Bonchev–Trinajstić information content (AvgIpc) is 3.38. The summed E-state index contributed by atoms with van der Waals surface area (Å²) in [5, 5.41) is 9.26. The fraction of sp³-hybridized carbons (Fsp3) is 0.526. The van der Waals surface area contributed by atoms with Crippen LogP contribution >= 0.6 is 11.3 Å². The van der Waals surface area contributed by atoms with Crippen molar-refractivity contribution in [1.29, 1.82) is 0 Å². The van der Waals surface area contributed by atoms with Gasteiger partial charge in [-0.1, -0.05) is 11.6 Å². The Hall–Kier alpha value is -2.55. The molecule has 2 fully saturated rings. The number of likely N-dealkylation sites (tertiary alicyclic amines) is 1. The van der Waals surface area contributed by atoms with Crippen LogP contribution in [0.2, 0.25) is 0 Å². The van der Waals surface area contributed by atoms with E-state index in [4.69, 9.17) is 4.52 Å². The summed E-state index contributed by atoms with van der Waals surface area (Å²) in [5.74, 6) is 1.99. The number of aromatic nitrogens is 5. The van der Waals surface area contributed by atoms with Crippen LogP contribution in [0.25, 0.3) is 21.3 Å². The van der Waals surface area contributed by atoms with E-state index >= 15 is 0 Å².